The predicted molar refractivity (Wildman–Crippen MR) is 119 cm³/mol. The van der Waals surface area contributed by atoms with E-state index in [0.717, 1.165) is 16.4 Å². The molecule has 5 nitrogen and oxygen atoms in total. The number of hydrogen-bond donors (Lipinski definition) is 2. The molecule has 0 spiro atoms. The van der Waals surface area contributed by atoms with E-state index in [1.165, 1.54) is 4.88 Å². The Morgan fingerprint density at radius 1 is 1.03 bits per heavy atom. The van der Waals surface area contributed by atoms with E-state index in [1.54, 1.807) is 53.4 Å². The molecule has 0 fully saturated rings. The van der Waals surface area contributed by atoms with Crippen molar-refractivity contribution in [1.82, 2.24) is 5.32 Å². The molecular formula is C22H22N2O3S2. The van der Waals surface area contributed by atoms with Crippen LogP contribution in [0.2, 0.25) is 0 Å². The number of nitrogens with one attached hydrogen (secondary N) is 2. The molecule has 2 aromatic carbocycles. The van der Waals surface area contributed by atoms with Crippen LogP contribution in [0.4, 0.5) is 5.69 Å². The predicted octanol–water partition coefficient (Wildman–Crippen LogP) is 4.81. The molecule has 7 heteroatoms. The van der Waals surface area contributed by atoms with Crippen LogP contribution in [0.3, 0.4) is 0 Å². The fraction of sp³-hybridized carbons (Fsp3) is 0.182. The Balaban J connectivity index is 1.52. The van der Waals surface area contributed by atoms with Crippen LogP contribution in [-0.2, 0) is 10.5 Å². The third kappa shape index (κ3) is 6.37. The smallest absolute Gasteiger partial charge is 0.252 e. The third-order valence-electron chi connectivity index (χ3n) is 3.94. The van der Waals surface area contributed by atoms with Crippen molar-refractivity contribution < 1.29 is 14.3 Å². The Labute approximate surface area is 178 Å². The second-order valence-corrected chi connectivity index (χ2v) is 8.10. The van der Waals surface area contributed by atoms with E-state index >= 15 is 0 Å². The summed E-state index contributed by atoms with van der Waals surface area (Å²) < 4.78 is 5.38. The number of ether oxygens (including phenoxy) is 1. The van der Waals surface area contributed by atoms with E-state index in [2.05, 4.69) is 16.7 Å². The Morgan fingerprint density at radius 2 is 1.83 bits per heavy atom. The zero-order chi connectivity index (χ0) is 20.5. The van der Waals surface area contributed by atoms with Crippen LogP contribution in [0.1, 0.15) is 22.2 Å². The highest BCUT2D eigenvalue weighted by molar-refractivity contribution is 7.98. The number of carbonyl (C=O) groups excluding carboxylic acids is 2. The van der Waals surface area contributed by atoms with E-state index in [-0.39, 0.29) is 18.4 Å². The summed E-state index contributed by atoms with van der Waals surface area (Å²) in [6.07, 6.45) is 0. The monoisotopic (exact) mass is 426 g/mol. The van der Waals surface area contributed by atoms with Gasteiger partial charge in [0.1, 0.15) is 5.75 Å². The van der Waals surface area contributed by atoms with Crippen molar-refractivity contribution in [1.29, 1.82) is 0 Å². The number of carbonyl (C=O) groups is 2. The zero-order valence-corrected chi connectivity index (χ0v) is 17.6. The first-order valence-electron chi connectivity index (χ1n) is 9.21. The van der Waals surface area contributed by atoms with E-state index in [0.29, 0.717) is 17.9 Å². The van der Waals surface area contributed by atoms with Gasteiger partial charge in [0.05, 0.1) is 18.7 Å². The van der Waals surface area contributed by atoms with Gasteiger partial charge in [0.2, 0.25) is 5.91 Å². The lowest BCUT2D eigenvalue weighted by molar-refractivity contribution is -0.115. The Kier molecular flexibility index (Phi) is 7.72. The number of thioether (sulfide) groups is 1. The van der Waals surface area contributed by atoms with Crippen LogP contribution in [0.15, 0.2) is 70.9 Å². The van der Waals surface area contributed by atoms with E-state index in [9.17, 15) is 9.59 Å². The lowest BCUT2D eigenvalue weighted by Crippen LogP contribution is -2.33. The van der Waals surface area contributed by atoms with E-state index in [1.807, 2.05) is 36.6 Å². The van der Waals surface area contributed by atoms with Gasteiger partial charge < -0.3 is 15.4 Å². The molecule has 3 aromatic rings. The normalized spacial score (nSPS) is 10.4. The van der Waals surface area contributed by atoms with E-state index < -0.39 is 0 Å². The van der Waals surface area contributed by atoms with Crippen molar-refractivity contribution in [3.8, 4) is 5.75 Å². The number of benzene rings is 2. The van der Waals surface area contributed by atoms with Crippen LogP contribution in [0.5, 0.6) is 5.75 Å². The lowest BCUT2D eigenvalue weighted by atomic mass is 10.2. The first kappa shape index (κ1) is 21.0. The molecule has 0 saturated heterocycles. The molecule has 1 heterocycles. The summed E-state index contributed by atoms with van der Waals surface area (Å²) in [6.45, 7) is 2.40. The van der Waals surface area contributed by atoms with Crippen molar-refractivity contribution in [2.24, 2.45) is 0 Å². The van der Waals surface area contributed by atoms with Gasteiger partial charge in [-0.1, -0.05) is 18.2 Å². The topological polar surface area (TPSA) is 67.4 Å². The SMILES string of the molecule is CCOc1ccc(NC(=O)CNC(=O)c2ccccc2SCc2cccs2)cc1. The maximum Gasteiger partial charge on any atom is 0.252 e. The number of hydrogen-bond acceptors (Lipinski definition) is 5. The molecule has 2 amide bonds. The number of anilines is 1. The minimum Gasteiger partial charge on any atom is -0.494 e. The molecule has 3 rings (SSSR count). The van der Waals surface area contributed by atoms with Gasteiger partial charge in [-0.05, 0) is 54.8 Å². The van der Waals surface area contributed by atoms with Gasteiger partial charge in [0, 0.05) is 21.2 Å². The quantitative estimate of drug-likeness (QED) is 0.482. The number of amides is 2. The van der Waals surface area contributed by atoms with Crippen LogP contribution < -0.4 is 15.4 Å². The van der Waals surface area contributed by atoms with Crippen LogP contribution >= 0.6 is 23.1 Å². The van der Waals surface area contributed by atoms with E-state index in [4.69, 9.17) is 4.74 Å². The van der Waals surface area contributed by atoms with Crippen molar-refractivity contribution >= 4 is 40.6 Å². The fourth-order valence-electron chi connectivity index (χ4n) is 2.59. The minimum atomic E-state index is -0.286. The van der Waals surface area contributed by atoms with Gasteiger partial charge in [0.15, 0.2) is 0 Å². The molecule has 2 N–H and O–H groups in total. The molecule has 0 aliphatic rings. The highest BCUT2D eigenvalue weighted by Crippen LogP contribution is 2.27. The molecule has 0 atom stereocenters. The van der Waals surface area contributed by atoms with Gasteiger partial charge in [-0.15, -0.1) is 23.1 Å². The van der Waals surface area contributed by atoms with Crippen LogP contribution in [0, 0.1) is 0 Å². The average Bonchev–Trinajstić information content (AvgIpc) is 3.26. The summed E-state index contributed by atoms with van der Waals surface area (Å²) in [5.74, 6) is 1.00. The van der Waals surface area contributed by atoms with Crippen LogP contribution in [0.25, 0.3) is 0 Å². The summed E-state index contributed by atoms with van der Waals surface area (Å²) in [4.78, 5) is 26.9. The maximum absolute atomic E-state index is 12.6. The van der Waals surface area contributed by atoms with Crippen molar-refractivity contribution in [3.63, 3.8) is 0 Å². The Bertz CT molecular complexity index is 941. The number of rotatable bonds is 9. The van der Waals surface area contributed by atoms with Crippen molar-refractivity contribution in [2.45, 2.75) is 17.6 Å². The summed E-state index contributed by atoms with van der Waals surface area (Å²) in [7, 11) is 0. The highest BCUT2D eigenvalue weighted by Gasteiger charge is 2.13. The summed E-state index contributed by atoms with van der Waals surface area (Å²) >= 11 is 3.31. The molecule has 0 aliphatic heterocycles. The summed E-state index contributed by atoms with van der Waals surface area (Å²) in [5, 5.41) is 7.50. The minimum absolute atomic E-state index is 0.101. The van der Waals surface area contributed by atoms with Crippen molar-refractivity contribution in [3.05, 3.63) is 76.5 Å². The second kappa shape index (κ2) is 10.7. The van der Waals surface area contributed by atoms with Gasteiger partial charge in [0.25, 0.3) is 5.91 Å². The molecular weight excluding hydrogens is 404 g/mol. The second-order valence-electron chi connectivity index (χ2n) is 6.05. The lowest BCUT2D eigenvalue weighted by Gasteiger charge is -2.10. The molecule has 1 aromatic heterocycles. The zero-order valence-electron chi connectivity index (χ0n) is 16.0. The Hall–Kier alpha value is -2.77. The molecule has 0 saturated carbocycles. The highest BCUT2D eigenvalue weighted by atomic mass is 32.2. The molecule has 0 aliphatic carbocycles. The first-order valence-corrected chi connectivity index (χ1v) is 11.1. The summed E-state index contributed by atoms with van der Waals surface area (Å²) in [6, 6.07) is 18.6. The molecule has 150 valence electrons. The van der Waals surface area contributed by atoms with Gasteiger partial charge >= 0.3 is 0 Å². The maximum atomic E-state index is 12.6. The van der Waals surface area contributed by atoms with Gasteiger partial charge in [-0.2, -0.15) is 0 Å². The van der Waals surface area contributed by atoms with Crippen LogP contribution in [-0.4, -0.2) is 25.0 Å². The third-order valence-corrected chi connectivity index (χ3v) is 6.12. The number of thiophene rings is 1. The van der Waals surface area contributed by atoms with Crippen molar-refractivity contribution in [2.75, 3.05) is 18.5 Å². The first-order chi connectivity index (χ1) is 14.2. The molecule has 0 bridgehead atoms. The molecule has 29 heavy (non-hydrogen) atoms. The largest absolute Gasteiger partial charge is 0.494 e. The molecule has 0 radical (unpaired) electrons. The summed E-state index contributed by atoms with van der Waals surface area (Å²) in [5.41, 5.74) is 1.22. The van der Waals surface area contributed by atoms with Gasteiger partial charge in [-0.3, -0.25) is 9.59 Å². The molecule has 0 unspecified atom stereocenters. The average molecular weight is 427 g/mol. The van der Waals surface area contributed by atoms with Gasteiger partial charge in [-0.25, -0.2) is 0 Å². The standard InChI is InChI=1S/C22H22N2O3S2/c1-2-27-17-11-9-16(10-12-17)24-21(25)14-23-22(26)19-7-3-4-8-20(19)29-15-18-6-5-13-28-18/h3-13H,2,14-15H2,1H3,(H,23,26)(H,24,25). The Morgan fingerprint density at radius 3 is 2.55 bits per heavy atom. The fourth-order valence-corrected chi connectivity index (χ4v) is 4.41.